The summed E-state index contributed by atoms with van der Waals surface area (Å²) in [5, 5.41) is 2.06. The van der Waals surface area contributed by atoms with E-state index in [2.05, 4.69) is 21.4 Å². The molecule has 0 aliphatic heterocycles. The summed E-state index contributed by atoms with van der Waals surface area (Å²) in [7, 11) is 1.61. The highest BCUT2D eigenvalue weighted by Crippen LogP contribution is 2.19. The molecule has 92 valence electrons. The van der Waals surface area contributed by atoms with Crippen molar-refractivity contribution in [2.75, 3.05) is 7.11 Å². The summed E-state index contributed by atoms with van der Waals surface area (Å²) in [6, 6.07) is 7.88. The minimum Gasteiger partial charge on any atom is -0.481 e. The van der Waals surface area contributed by atoms with Crippen LogP contribution in [-0.2, 0) is 6.54 Å². The van der Waals surface area contributed by atoms with E-state index in [1.165, 1.54) is 4.88 Å². The second-order valence-electron chi connectivity index (χ2n) is 3.82. The number of H-pyrrole nitrogens is 1. The topological polar surface area (TPSA) is 42.8 Å². The van der Waals surface area contributed by atoms with Crippen LogP contribution in [0.25, 0.3) is 11.2 Å². The lowest BCUT2D eigenvalue weighted by Crippen LogP contribution is -1.99. The van der Waals surface area contributed by atoms with Gasteiger partial charge in [-0.1, -0.05) is 6.07 Å². The van der Waals surface area contributed by atoms with Crippen molar-refractivity contribution >= 4 is 34.7 Å². The normalized spacial score (nSPS) is 10.9. The summed E-state index contributed by atoms with van der Waals surface area (Å²) in [5.41, 5.74) is 1.75. The average Bonchev–Trinajstić information content (AvgIpc) is 2.99. The molecule has 1 N–H and O–H groups in total. The van der Waals surface area contributed by atoms with Gasteiger partial charge in [-0.05, 0) is 29.7 Å². The van der Waals surface area contributed by atoms with Crippen molar-refractivity contribution in [3.63, 3.8) is 0 Å². The summed E-state index contributed by atoms with van der Waals surface area (Å²) in [5.74, 6) is 0.594. The molecule has 0 saturated carbocycles. The molecule has 3 heterocycles. The van der Waals surface area contributed by atoms with Gasteiger partial charge in [0.25, 0.3) is 0 Å². The van der Waals surface area contributed by atoms with Crippen molar-refractivity contribution in [1.29, 1.82) is 0 Å². The van der Waals surface area contributed by atoms with Crippen LogP contribution in [0.3, 0.4) is 0 Å². The fourth-order valence-electron chi connectivity index (χ4n) is 1.83. The van der Waals surface area contributed by atoms with E-state index in [4.69, 9.17) is 17.0 Å². The highest BCUT2D eigenvalue weighted by Gasteiger charge is 2.08. The number of aromatic nitrogens is 3. The zero-order valence-corrected chi connectivity index (χ0v) is 11.3. The van der Waals surface area contributed by atoms with Gasteiger partial charge in [0.05, 0.1) is 19.2 Å². The smallest absolute Gasteiger partial charge is 0.215 e. The number of nitrogens with one attached hydrogen (secondary N) is 1. The summed E-state index contributed by atoms with van der Waals surface area (Å²) in [6.45, 7) is 0.733. The molecule has 0 saturated heterocycles. The molecule has 0 radical (unpaired) electrons. The molecule has 0 fully saturated rings. The van der Waals surface area contributed by atoms with Crippen molar-refractivity contribution in [2.45, 2.75) is 6.54 Å². The van der Waals surface area contributed by atoms with E-state index >= 15 is 0 Å². The molecule has 0 aliphatic rings. The Morgan fingerprint density at radius 3 is 3.06 bits per heavy atom. The van der Waals surface area contributed by atoms with E-state index in [0.717, 1.165) is 17.7 Å². The van der Waals surface area contributed by atoms with Crippen LogP contribution >= 0.6 is 23.6 Å². The first-order valence-electron chi connectivity index (χ1n) is 5.44. The van der Waals surface area contributed by atoms with Crippen LogP contribution in [0.2, 0.25) is 0 Å². The van der Waals surface area contributed by atoms with Crippen molar-refractivity contribution in [2.24, 2.45) is 0 Å². The summed E-state index contributed by atoms with van der Waals surface area (Å²) >= 11 is 7.05. The number of thiophene rings is 1. The third-order valence-corrected chi connectivity index (χ3v) is 3.88. The van der Waals surface area contributed by atoms with Gasteiger partial charge in [-0.15, -0.1) is 11.3 Å². The number of rotatable bonds is 3. The van der Waals surface area contributed by atoms with Crippen LogP contribution < -0.4 is 4.74 Å². The minimum atomic E-state index is 0.594. The number of ether oxygens (including phenoxy) is 1. The Hall–Kier alpha value is -1.66. The molecule has 0 amide bonds. The molecule has 0 aromatic carbocycles. The SMILES string of the molecule is COc1ccc2[nH]c(=S)n(Cc3cccs3)c2n1. The Morgan fingerprint density at radius 2 is 2.33 bits per heavy atom. The number of imidazole rings is 1. The summed E-state index contributed by atoms with van der Waals surface area (Å²) in [4.78, 5) is 8.84. The third kappa shape index (κ3) is 1.93. The van der Waals surface area contributed by atoms with Crippen molar-refractivity contribution in [1.82, 2.24) is 14.5 Å². The monoisotopic (exact) mass is 277 g/mol. The number of fused-ring (bicyclic) bond motifs is 1. The van der Waals surface area contributed by atoms with Crippen molar-refractivity contribution in [3.05, 3.63) is 39.3 Å². The molecule has 18 heavy (non-hydrogen) atoms. The Morgan fingerprint density at radius 1 is 1.44 bits per heavy atom. The zero-order chi connectivity index (χ0) is 12.5. The molecule has 3 aromatic heterocycles. The predicted octanol–water partition coefficient (Wildman–Crippen LogP) is 3.21. The zero-order valence-electron chi connectivity index (χ0n) is 9.71. The van der Waals surface area contributed by atoms with Gasteiger partial charge < -0.3 is 9.72 Å². The van der Waals surface area contributed by atoms with Crippen LogP contribution in [0.4, 0.5) is 0 Å². The molecule has 4 nitrogen and oxygen atoms in total. The molecule has 0 aliphatic carbocycles. The maximum Gasteiger partial charge on any atom is 0.215 e. The highest BCUT2D eigenvalue weighted by molar-refractivity contribution is 7.71. The van der Waals surface area contributed by atoms with Gasteiger partial charge in [0.1, 0.15) is 0 Å². The number of aromatic amines is 1. The van der Waals surface area contributed by atoms with E-state index in [9.17, 15) is 0 Å². The number of methoxy groups -OCH3 is 1. The first kappa shape index (κ1) is 11.4. The van der Waals surface area contributed by atoms with E-state index in [-0.39, 0.29) is 0 Å². The van der Waals surface area contributed by atoms with E-state index in [0.29, 0.717) is 10.7 Å². The lowest BCUT2D eigenvalue weighted by Gasteiger charge is -2.03. The molecule has 3 aromatic rings. The Balaban J connectivity index is 2.14. The number of pyridine rings is 1. The first-order valence-corrected chi connectivity index (χ1v) is 6.72. The second kappa shape index (κ2) is 4.55. The maximum absolute atomic E-state index is 5.34. The lowest BCUT2D eigenvalue weighted by atomic mass is 10.4. The van der Waals surface area contributed by atoms with E-state index in [1.54, 1.807) is 18.4 Å². The van der Waals surface area contributed by atoms with Gasteiger partial charge in [-0.25, -0.2) is 0 Å². The van der Waals surface area contributed by atoms with Crippen LogP contribution in [0.5, 0.6) is 5.88 Å². The molecule has 0 unspecified atom stereocenters. The minimum absolute atomic E-state index is 0.594. The second-order valence-corrected chi connectivity index (χ2v) is 5.24. The quantitative estimate of drug-likeness (QED) is 0.748. The summed E-state index contributed by atoms with van der Waals surface area (Å²) < 4.78 is 7.82. The largest absolute Gasteiger partial charge is 0.481 e. The maximum atomic E-state index is 5.34. The third-order valence-electron chi connectivity index (χ3n) is 2.70. The molecule has 0 bridgehead atoms. The van der Waals surface area contributed by atoms with Gasteiger partial charge in [0, 0.05) is 10.9 Å². The Labute approximate surface area is 113 Å². The standard InChI is InChI=1S/C12H11N3OS2/c1-16-10-5-4-9-11(14-10)15(12(17)13-9)7-8-3-2-6-18-8/h2-6H,7H2,1H3,(H,13,17). The molecule has 6 heteroatoms. The Bertz CT molecular complexity index is 727. The van der Waals surface area contributed by atoms with Gasteiger partial charge in [-0.2, -0.15) is 4.98 Å². The predicted molar refractivity (Wildman–Crippen MR) is 74.9 cm³/mol. The van der Waals surface area contributed by atoms with Crippen molar-refractivity contribution in [3.8, 4) is 5.88 Å². The lowest BCUT2D eigenvalue weighted by molar-refractivity contribution is 0.399. The fraction of sp³-hybridized carbons (Fsp3) is 0.167. The summed E-state index contributed by atoms with van der Waals surface area (Å²) in [6.07, 6.45) is 0. The average molecular weight is 277 g/mol. The van der Waals surface area contributed by atoms with Crippen LogP contribution in [-0.4, -0.2) is 21.6 Å². The van der Waals surface area contributed by atoms with Crippen LogP contribution in [0.1, 0.15) is 4.88 Å². The fourth-order valence-corrected chi connectivity index (χ4v) is 2.79. The highest BCUT2D eigenvalue weighted by atomic mass is 32.1. The molecule has 0 atom stereocenters. The molecular formula is C12H11N3OS2. The molecule has 3 rings (SSSR count). The van der Waals surface area contributed by atoms with E-state index < -0.39 is 0 Å². The first-order chi connectivity index (χ1) is 8.78. The number of hydrogen-bond donors (Lipinski definition) is 1. The number of hydrogen-bond acceptors (Lipinski definition) is 4. The van der Waals surface area contributed by atoms with Crippen molar-refractivity contribution < 1.29 is 4.74 Å². The van der Waals surface area contributed by atoms with Gasteiger partial charge in [0.15, 0.2) is 10.4 Å². The van der Waals surface area contributed by atoms with Crippen LogP contribution in [0, 0.1) is 4.77 Å². The Kier molecular flexibility index (Phi) is 2.89. The van der Waals surface area contributed by atoms with Gasteiger partial charge >= 0.3 is 0 Å². The van der Waals surface area contributed by atoms with Gasteiger partial charge in [0.2, 0.25) is 5.88 Å². The van der Waals surface area contributed by atoms with E-state index in [1.807, 2.05) is 22.8 Å². The molecule has 0 spiro atoms. The number of nitrogens with zero attached hydrogens (tertiary/aromatic N) is 2. The van der Waals surface area contributed by atoms with Gasteiger partial charge in [-0.3, -0.25) is 4.57 Å². The molecular weight excluding hydrogens is 266 g/mol. The van der Waals surface area contributed by atoms with Crippen LogP contribution in [0.15, 0.2) is 29.6 Å².